The minimum atomic E-state index is -0.328. The topological polar surface area (TPSA) is 40.5 Å². The molecule has 1 heterocycles. The number of carbonyl (C=O) groups is 1. The van der Waals surface area contributed by atoms with Gasteiger partial charge in [-0.25, -0.2) is 0 Å². The Kier molecular flexibility index (Phi) is 4.83. The van der Waals surface area contributed by atoms with Crippen LogP contribution in [0.4, 0.5) is 0 Å². The number of halogens is 1. The lowest BCUT2D eigenvalue weighted by Crippen LogP contribution is -2.30. The zero-order valence-corrected chi connectivity index (χ0v) is 11.9. The first-order valence-corrected chi connectivity index (χ1v) is 7.14. The zero-order valence-electron chi connectivity index (χ0n) is 11.2. The number of aryl methyl sites for hydroxylation is 1. The highest BCUT2D eigenvalue weighted by atomic mass is 35.5. The molecule has 2 unspecified atom stereocenters. The Morgan fingerprint density at radius 3 is 3.00 bits per heavy atom. The fraction of sp³-hybridized carbons (Fsp3) is 0.533. The highest BCUT2D eigenvalue weighted by Crippen LogP contribution is 2.21. The molecule has 1 fully saturated rings. The van der Waals surface area contributed by atoms with Crippen LogP contribution in [-0.2, 0) is 11.2 Å². The van der Waals surface area contributed by atoms with Crippen molar-refractivity contribution in [2.24, 2.45) is 5.92 Å². The molecule has 3 nitrogen and oxygen atoms in total. The number of nitrogens with zero attached hydrogens (tertiary/aromatic N) is 1. The van der Waals surface area contributed by atoms with Gasteiger partial charge in [0, 0.05) is 30.5 Å². The van der Waals surface area contributed by atoms with Crippen LogP contribution in [0.5, 0.6) is 0 Å². The number of amides is 1. The molecule has 2 rings (SSSR count). The van der Waals surface area contributed by atoms with E-state index in [2.05, 4.69) is 0 Å². The van der Waals surface area contributed by atoms with E-state index in [1.807, 2.05) is 29.2 Å². The SMILES string of the molecule is CC(O)C1CCN(C(=O)CCc2cccc(Cl)c2)C1. The Bertz CT molecular complexity index is 448. The van der Waals surface area contributed by atoms with E-state index in [4.69, 9.17) is 11.6 Å². The van der Waals surface area contributed by atoms with Crippen LogP contribution >= 0.6 is 11.6 Å². The zero-order chi connectivity index (χ0) is 13.8. The van der Waals surface area contributed by atoms with Crippen molar-refractivity contribution in [1.29, 1.82) is 0 Å². The molecule has 19 heavy (non-hydrogen) atoms. The lowest BCUT2D eigenvalue weighted by atomic mass is 10.0. The third kappa shape index (κ3) is 3.95. The molecule has 1 aliphatic rings. The van der Waals surface area contributed by atoms with Crippen molar-refractivity contribution < 1.29 is 9.90 Å². The maximum Gasteiger partial charge on any atom is 0.222 e. The minimum Gasteiger partial charge on any atom is -0.393 e. The van der Waals surface area contributed by atoms with E-state index in [0.717, 1.165) is 24.9 Å². The number of benzene rings is 1. The quantitative estimate of drug-likeness (QED) is 0.921. The van der Waals surface area contributed by atoms with Gasteiger partial charge in [0.05, 0.1) is 6.10 Å². The number of hydrogen-bond donors (Lipinski definition) is 1. The summed E-state index contributed by atoms with van der Waals surface area (Å²) in [5, 5.41) is 10.2. The van der Waals surface area contributed by atoms with Crippen LogP contribution in [0.25, 0.3) is 0 Å². The molecular weight excluding hydrogens is 262 g/mol. The normalized spacial score (nSPS) is 20.6. The molecule has 1 N–H and O–H groups in total. The summed E-state index contributed by atoms with van der Waals surface area (Å²) in [5.74, 6) is 0.401. The highest BCUT2D eigenvalue weighted by molar-refractivity contribution is 6.30. The fourth-order valence-electron chi connectivity index (χ4n) is 2.51. The molecule has 104 valence electrons. The molecule has 0 aliphatic carbocycles. The molecule has 1 aromatic rings. The third-order valence-electron chi connectivity index (χ3n) is 3.78. The number of hydrogen-bond acceptors (Lipinski definition) is 2. The summed E-state index contributed by atoms with van der Waals surface area (Å²) in [4.78, 5) is 13.9. The molecule has 4 heteroatoms. The molecule has 1 aliphatic heterocycles. The van der Waals surface area contributed by atoms with E-state index in [1.54, 1.807) is 6.92 Å². The van der Waals surface area contributed by atoms with Crippen LogP contribution < -0.4 is 0 Å². The number of aliphatic hydroxyl groups is 1. The molecule has 0 radical (unpaired) electrons. The van der Waals surface area contributed by atoms with Crippen LogP contribution in [0.3, 0.4) is 0 Å². The van der Waals surface area contributed by atoms with Crippen LogP contribution in [0, 0.1) is 5.92 Å². The Morgan fingerprint density at radius 1 is 1.58 bits per heavy atom. The standard InChI is InChI=1S/C15H20ClNO2/c1-11(18)13-7-8-17(10-13)15(19)6-5-12-3-2-4-14(16)9-12/h2-4,9,11,13,18H,5-8,10H2,1H3. The maximum absolute atomic E-state index is 12.1. The third-order valence-corrected chi connectivity index (χ3v) is 4.01. The van der Waals surface area contributed by atoms with Gasteiger partial charge in [-0.15, -0.1) is 0 Å². The summed E-state index contributed by atoms with van der Waals surface area (Å²) in [6, 6.07) is 7.63. The second-order valence-corrected chi connectivity index (χ2v) is 5.70. The van der Waals surface area contributed by atoms with Gasteiger partial charge in [-0.05, 0) is 37.5 Å². The Balaban J connectivity index is 1.82. The summed E-state index contributed by atoms with van der Waals surface area (Å²) in [6.45, 7) is 3.25. The molecule has 0 aromatic heterocycles. The first-order valence-electron chi connectivity index (χ1n) is 6.76. The van der Waals surface area contributed by atoms with Gasteiger partial charge in [-0.2, -0.15) is 0 Å². The van der Waals surface area contributed by atoms with Gasteiger partial charge in [-0.1, -0.05) is 23.7 Å². The van der Waals surface area contributed by atoms with Gasteiger partial charge in [0.2, 0.25) is 5.91 Å². The van der Waals surface area contributed by atoms with Crippen molar-refractivity contribution in [3.8, 4) is 0 Å². The molecule has 1 aromatic carbocycles. The van der Waals surface area contributed by atoms with Crippen LogP contribution in [0.1, 0.15) is 25.3 Å². The van der Waals surface area contributed by atoms with Crippen molar-refractivity contribution in [3.05, 3.63) is 34.9 Å². The van der Waals surface area contributed by atoms with Crippen molar-refractivity contribution >= 4 is 17.5 Å². The predicted molar refractivity (Wildman–Crippen MR) is 76.1 cm³/mol. The second-order valence-electron chi connectivity index (χ2n) is 5.26. The van der Waals surface area contributed by atoms with Gasteiger partial charge in [0.25, 0.3) is 0 Å². The Morgan fingerprint density at radius 2 is 2.37 bits per heavy atom. The summed E-state index contributed by atoms with van der Waals surface area (Å²) in [7, 11) is 0. The highest BCUT2D eigenvalue weighted by Gasteiger charge is 2.28. The monoisotopic (exact) mass is 281 g/mol. The van der Waals surface area contributed by atoms with Crippen LogP contribution in [0.2, 0.25) is 5.02 Å². The Labute approximate surface area is 119 Å². The summed E-state index contributed by atoms with van der Waals surface area (Å²) < 4.78 is 0. The number of carbonyl (C=O) groups excluding carboxylic acids is 1. The van der Waals surface area contributed by atoms with Gasteiger partial charge >= 0.3 is 0 Å². The number of aliphatic hydroxyl groups excluding tert-OH is 1. The molecule has 0 bridgehead atoms. The second kappa shape index (κ2) is 6.40. The Hall–Kier alpha value is -1.06. The van der Waals surface area contributed by atoms with E-state index < -0.39 is 0 Å². The van der Waals surface area contributed by atoms with Gasteiger partial charge in [0.15, 0.2) is 0 Å². The fourth-order valence-corrected chi connectivity index (χ4v) is 2.72. The van der Waals surface area contributed by atoms with Gasteiger partial charge < -0.3 is 10.0 Å². The average Bonchev–Trinajstić information content (AvgIpc) is 2.86. The molecular formula is C15H20ClNO2. The largest absolute Gasteiger partial charge is 0.393 e. The summed E-state index contributed by atoms with van der Waals surface area (Å²) in [5.41, 5.74) is 1.09. The minimum absolute atomic E-state index is 0.170. The van der Waals surface area contributed by atoms with E-state index in [-0.39, 0.29) is 17.9 Å². The number of likely N-dealkylation sites (tertiary alicyclic amines) is 1. The average molecular weight is 282 g/mol. The number of rotatable bonds is 4. The molecule has 0 saturated carbocycles. The summed E-state index contributed by atoms with van der Waals surface area (Å²) >= 11 is 5.92. The first kappa shape index (κ1) is 14.4. The van der Waals surface area contributed by atoms with Gasteiger partial charge in [0.1, 0.15) is 0 Å². The lowest BCUT2D eigenvalue weighted by molar-refractivity contribution is -0.130. The van der Waals surface area contributed by atoms with E-state index in [9.17, 15) is 9.90 Å². The van der Waals surface area contributed by atoms with E-state index >= 15 is 0 Å². The lowest BCUT2D eigenvalue weighted by Gasteiger charge is -2.17. The molecule has 1 saturated heterocycles. The van der Waals surface area contributed by atoms with Crippen molar-refractivity contribution in [1.82, 2.24) is 4.90 Å². The summed E-state index contributed by atoms with van der Waals surface area (Å²) in [6.07, 6.45) is 1.80. The van der Waals surface area contributed by atoms with Crippen LogP contribution in [0.15, 0.2) is 24.3 Å². The maximum atomic E-state index is 12.1. The van der Waals surface area contributed by atoms with Crippen molar-refractivity contribution in [2.75, 3.05) is 13.1 Å². The molecule has 2 atom stereocenters. The smallest absolute Gasteiger partial charge is 0.222 e. The molecule has 1 amide bonds. The van der Waals surface area contributed by atoms with Crippen molar-refractivity contribution in [2.45, 2.75) is 32.3 Å². The predicted octanol–water partition coefficient (Wildman–Crippen LogP) is 2.50. The van der Waals surface area contributed by atoms with Gasteiger partial charge in [-0.3, -0.25) is 4.79 Å². The van der Waals surface area contributed by atoms with Crippen LogP contribution in [-0.4, -0.2) is 35.1 Å². The van der Waals surface area contributed by atoms with Crippen molar-refractivity contribution in [3.63, 3.8) is 0 Å². The van der Waals surface area contributed by atoms with E-state index in [0.29, 0.717) is 18.0 Å². The molecule has 0 spiro atoms. The van der Waals surface area contributed by atoms with E-state index in [1.165, 1.54) is 0 Å². The first-order chi connectivity index (χ1) is 9.06.